The van der Waals surface area contributed by atoms with Crippen LogP contribution in [0.5, 0.6) is 0 Å². The molecular weight excluding hydrogens is 260 g/mol. The van der Waals surface area contributed by atoms with Gasteiger partial charge in [-0.1, -0.05) is 11.3 Å². The third-order valence-electron chi connectivity index (χ3n) is 1.98. The van der Waals surface area contributed by atoms with E-state index in [0.29, 0.717) is 10.6 Å². The molecule has 1 aromatic heterocycles. The Kier molecular flexibility index (Phi) is 4.78. The van der Waals surface area contributed by atoms with Gasteiger partial charge in [-0.15, -0.1) is 0 Å². The second kappa shape index (κ2) is 6.10. The Balaban J connectivity index is 2.66. The van der Waals surface area contributed by atoms with Crippen LogP contribution >= 0.6 is 11.3 Å². The fourth-order valence-electron chi connectivity index (χ4n) is 1.13. The van der Waals surface area contributed by atoms with E-state index in [1.165, 1.54) is 7.11 Å². The average molecular weight is 272 g/mol. The zero-order valence-electron chi connectivity index (χ0n) is 9.85. The van der Waals surface area contributed by atoms with E-state index < -0.39 is 17.8 Å². The lowest BCUT2D eigenvalue weighted by Gasteiger charge is -1.98. The van der Waals surface area contributed by atoms with Crippen molar-refractivity contribution in [2.24, 2.45) is 0 Å². The summed E-state index contributed by atoms with van der Waals surface area (Å²) in [4.78, 5) is 37.2. The third-order valence-corrected chi connectivity index (χ3v) is 3.03. The maximum atomic E-state index is 11.4. The van der Waals surface area contributed by atoms with Crippen molar-refractivity contribution in [2.75, 3.05) is 12.4 Å². The minimum absolute atomic E-state index is 0.137. The highest BCUT2D eigenvalue weighted by molar-refractivity contribution is 7.17. The number of methoxy groups -OCH3 is 1. The predicted octanol–water partition coefficient (Wildman–Crippen LogP) is 1.04. The number of aryl methyl sites for hydroxylation is 1. The molecule has 2 N–H and O–H groups in total. The van der Waals surface area contributed by atoms with Gasteiger partial charge in [-0.25, -0.2) is 9.78 Å². The smallest absolute Gasteiger partial charge is 0.350 e. The zero-order chi connectivity index (χ0) is 13.7. The standard InChI is InChI=1S/C10H12N2O5S/c1-5-8(9(16)17-2)18-10(11-5)12-6(13)3-4-7(14)15/h3-4H2,1-2H3,(H,14,15)(H,11,12,13). The zero-order valence-corrected chi connectivity index (χ0v) is 10.7. The van der Waals surface area contributed by atoms with E-state index in [1.54, 1.807) is 6.92 Å². The number of hydrogen-bond acceptors (Lipinski definition) is 6. The summed E-state index contributed by atoms with van der Waals surface area (Å²) in [6, 6.07) is 0. The van der Waals surface area contributed by atoms with E-state index in [0.717, 1.165) is 11.3 Å². The van der Waals surface area contributed by atoms with E-state index in [4.69, 9.17) is 5.11 Å². The average Bonchev–Trinajstić information content (AvgIpc) is 2.66. The van der Waals surface area contributed by atoms with Gasteiger partial charge in [-0.2, -0.15) is 0 Å². The van der Waals surface area contributed by atoms with Crippen LogP contribution in [-0.4, -0.2) is 35.0 Å². The second-order valence-corrected chi connectivity index (χ2v) is 4.37. The Morgan fingerprint density at radius 3 is 2.61 bits per heavy atom. The van der Waals surface area contributed by atoms with Crippen LogP contribution in [0, 0.1) is 6.92 Å². The number of aromatic nitrogens is 1. The summed E-state index contributed by atoms with van der Waals surface area (Å²) in [6.07, 6.45) is -0.387. The largest absolute Gasteiger partial charge is 0.481 e. The fourth-order valence-corrected chi connectivity index (χ4v) is 2.04. The Labute approximate surface area is 107 Å². The van der Waals surface area contributed by atoms with Crippen molar-refractivity contribution in [2.45, 2.75) is 19.8 Å². The van der Waals surface area contributed by atoms with Crippen LogP contribution in [0.2, 0.25) is 0 Å². The minimum atomic E-state index is -1.05. The number of nitrogens with one attached hydrogen (secondary N) is 1. The maximum absolute atomic E-state index is 11.4. The number of carbonyl (C=O) groups is 3. The Bertz CT molecular complexity index is 483. The summed E-state index contributed by atoms with van der Waals surface area (Å²) in [6.45, 7) is 1.62. The molecule has 0 unspecified atom stereocenters. The Hall–Kier alpha value is -1.96. The van der Waals surface area contributed by atoms with Gasteiger partial charge in [0.15, 0.2) is 5.13 Å². The van der Waals surface area contributed by atoms with E-state index in [-0.39, 0.29) is 18.0 Å². The van der Waals surface area contributed by atoms with Crippen molar-refractivity contribution < 1.29 is 24.2 Å². The molecule has 0 saturated heterocycles. The highest BCUT2D eigenvalue weighted by atomic mass is 32.1. The molecule has 0 aromatic carbocycles. The summed E-state index contributed by atoms with van der Waals surface area (Å²) in [5.74, 6) is -2.02. The Morgan fingerprint density at radius 2 is 2.06 bits per heavy atom. The van der Waals surface area contributed by atoms with Gasteiger partial charge in [0.25, 0.3) is 0 Å². The van der Waals surface area contributed by atoms with Gasteiger partial charge < -0.3 is 15.2 Å². The molecule has 0 atom stereocenters. The number of thiazole rings is 1. The summed E-state index contributed by atoms with van der Waals surface area (Å²) in [7, 11) is 1.26. The number of anilines is 1. The molecule has 1 amide bonds. The first-order valence-electron chi connectivity index (χ1n) is 5.01. The minimum Gasteiger partial charge on any atom is -0.481 e. The van der Waals surface area contributed by atoms with Crippen molar-refractivity contribution in [3.05, 3.63) is 10.6 Å². The molecule has 0 spiro atoms. The van der Waals surface area contributed by atoms with Crippen LogP contribution in [0.3, 0.4) is 0 Å². The van der Waals surface area contributed by atoms with Gasteiger partial charge >= 0.3 is 11.9 Å². The molecule has 0 radical (unpaired) electrons. The lowest BCUT2D eigenvalue weighted by Crippen LogP contribution is -2.12. The predicted molar refractivity (Wildman–Crippen MR) is 63.7 cm³/mol. The maximum Gasteiger partial charge on any atom is 0.350 e. The van der Waals surface area contributed by atoms with E-state index in [9.17, 15) is 14.4 Å². The molecule has 0 saturated carbocycles. The van der Waals surface area contributed by atoms with Crippen molar-refractivity contribution >= 4 is 34.3 Å². The molecule has 0 fully saturated rings. The number of nitrogens with zero attached hydrogens (tertiary/aromatic N) is 1. The molecule has 1 rings (SSSR count). The van der Waals surface area contributed by atoms with Gasteiger partial charge in [-0.05, 0) is 6.92 Å². The van der Waals surface area contributed by atoms with Crippen molar-refractivity contribution in [3.63, 3.8) is 0 Å². The molecule has 0 aliphatic heterocycles. The normalized spacial score (nSPS) is 9.89. The summed E-state index contributed by atoms with van der Waals surface area (Å²) in [5, 5.41) is 11.1. The first-order chi connectivity index (χ1) is 8.43. The molecule has 7 nitrogen and oxygen atoms in total. The van der Waals surface area contributed by atoms with Gasteiger partial charge in [0.2, 0.25) is 5.91 Å². The Morgan fingerprint density at radius 1 is 1.39 bits per heavy atom. The van der Waals surface area contributed by atoms with Gasteiger partial charge in [0.1, 0.15) is 4.88 Å². The van der Waals surface area contributed by atoms with Crippen LogP contribution in [-0.2, 0) is 14.3 Å². The van der Waals surface area contributed by atoms with Gasteiger partial charge in [0, 0.05) is 6.42 Å². The van der Waals surface area contributed by atoms with Crippen LogP contribution in [0.25, 0.3) is 0 Å². The number of esters is 1. The van der Waals surface area contributed by atoms with Crippen molar-refractivity contribution in [1.29, 1.82) is 0 Å². The van der Waals surface area contributed by atoms with Crippen molar-refractivity contribution in [1.82, 2.24) is 4.98 Å². The molecule has 0 aliphatic carbocycles. The molecule has 1 aromatic rings. The SMILES string of the molecule is COC(=O)c1sc(NC(=O)CCC(=O)O)nc1C. The summed E-state index contributed by atoms with van der Waals surface area (Å²) < 4.78 is 4.56. The topological polar surface area (TPSA) is 106 Å². The molecule has 0 bridgehead atoms. The number of carboxylic acids is 1. The quantitative estimate of drug-likeness (QED) is 0.776. The van der Waals surface area contributed by atoms with Crippen LogP contribution < -0.4 is 5.32 Å². The number of rotatable bonds is 5. The van der Waals surface area contributed by atoms with Crippen LogP contribution in [0.4, 0.5) is 5.13 Å². The fraction of sp³-hybridized carbons (Fsp3) is 0.400. The summed E-state index contributed by atoms with van der Waals surface area (Å²) in [5.41, 5.74) is 0.459. The molecule has 98 valence electrons. The number of carboxylic acid groups (broad SMARTS) is 1. The number of hydrogen-bond donors (Lipinski definition) is 2. The lowest BCUT2D eigenvalue weighted by molar-refractivity contribution is -0.138. The number of ether oxygens (including phenoxy) is 1. The molecule has 1 heterocycles. The number of aliphatic carboxylic acids is 1. The lowest BCUT2D eigenvalue weighted by atomic mass is 10.3. The van der Waals surface area contributed by atoms with E-state index in [1.807, 2.05) is 0 Å². The summed E-state index contributed by atoms with van der Waals surface area (Å²) >= 11 is 0.990. The van der Waals surface area contributed by atoms with Crippen LogP contribution in [0.15, 0.2) is 0 Å². The number of amides is 1. The molecule has 8 heteroatoms. The monoisotopic (exact) mass is 272 g/mol. The van der Waals surface area contributed by atoms with E-state index >= 15 is 0 Å². The first-order valence-corrected chi connectivity index (χ1v) is 5.83. The molecule has 18 heavy (non-hydrogen) atoms. The van der Waals surface area contributed by atoms with Gasteiger partial charge in [-0.3, -0.25) is 9.59 Å². The second-order valence-electron chi connectivity index (χ2n) is 3.37. The first kappa shape index (κ1) is 14.1. The third kappa shape index (κ3) is 3.81. The number of carbonyl (C=O) groups excluding carboxylic acids is 2. The van der Waals surface area contributed by atoms with Crippen molar-refractivity contribution in [3.8, 4) is 0 Å². The van der Waals surface area contributed by atoms with Gasteiger partial charge in [0.05, 0.1) is 19.2 Å². The van der Waals surface area contributed by atoms with Crippen LogP contribution in [0.1, 0.15) is 28.2 Å². The highest BCUT2D eigenvalue weighted by Gasteiger charge is 2.17. The molecule has 0 aliphatic rings. The molecular formula is C10H12N2O5S. The van der Waals surface area contributed by atoms with E-state index in [2.05, 4.69) is 15.0 Å². The highest BCUT2D eigenvalue weighted by Crippen LogP contribution is 2.23.